The summed E-state index contributed by atoms with van der Waals surface area (Å²) in [6.45, 7) is 8.89. The molecule has 1 amide bonds. The van der Waals surface area contributed by atoms with Gasteiger partial charge in [0.1, 0.15) is 23.8 Å². The van der Waals surface area contributed by atoms with Crippen LogP contribution < -0.4 is 20.9 Å². The van der Waals surface area contributed by atoms with Crippen molar-refractivity contribution < 1.29 is 14.3 Å². The van der Waals surface area contributed by atoms with Gasteiger partial charge in [-0.05, 0) is 58.6 Å². The van der Waals surface area contributed by atoms with E-state index in [2.05, 4.69) is 32.4 Å². The Kier molecular flexibility index (Phi) is 10.4. The highest BCUT2D eigenvalue weighted by Crippen LogP contribution is 2.31. The fourth-order valence-electron chi connectivity index (χ4n) is 3.81. The number of hydrogen-bond acceptors (Lipinski definition) is 9. The number of likely N-dealkylation sites (N-methyl/N-ethyl adjacent to an activating group) is 1. The molecular formula is C28H38N8O3. The number of aromatic nitrogens is 2. The van der Waals surface area contributed by atoms with Gasteiger partial charge >= 0.3 is 0 Å². The van der Waals surface area contributed by atoms with Crippen LogP contribution in [0.5, 0.6) is 0 Å². The van der Waals surface area contributed by atoms with E-state index in [1.165, 1.54) is 12.4 Å². The van der Waals surface area contributed by atoms with Gasteiger partial charge in [-0.3, -0.25) is 10.2 Å². The van der Waals surface area contributed by atoms with Crippen molar-refractivity contribution in [3.63, 3.8) is 0 Å². The van der Waals surface area contributed by atoms with E-state index in [1.807, 2.05) is 46.2 Å². The van der Waals surface area contributed by atoms with Gasteiger partial charge in [0.05, 0.1) is 25.3 Å². The zero-order chi connectivity index (χ0) is 28.4. The molecule has 0 saturated heterocycles. The monoisotopic (exact) mass is 534 g/mol. The van der Waals surface area contributed by atoms with Crippen LogP contribution in [0.25, 0.3) is 0 Å². The lowest BCUT2D eigenvalue weighted by molar-refractivity contribution is -0.111. The number of rotatable bonds is 14. The molecule has 11 nitrogen and oxygen atoms in total. The summed E-state index contributed by atoms with van der Waals surface area (Å²) in [6.07, 6.45) is 7.44. The van der Waals surface area contributed by atoms with Crippen LogP contribution in [0.15, 0.2) is 66.4 Å². The van der Waals surface area contributed by atoms with Crippen molar-refractivity contribution in [3.8, 4) is 0 Å². The maximum Gasteiger partial charge on any atom is 0.247 e. The van der Waals surface area contributed by atoms with Gasteiger partial charge < -0.3 is 35.2 Å². The molecule has 39 heavy (non-hydrogen) atoms. The molecule has 3 rings (SSSR count). The predicted molar refractivity (Wildman–Crippen MR) is 156 cm³/mol. The fourth-order valence-corrected chi connectivity index (χ4v) is 3.81. The first-order valence-electron chi connectivity index (χ1n) is 12.7. The van der Waals surface area contributed by atoms with Crippen molar-refractivity contribution in [2.45, 2.75) is 32.7 Å². The van der Waals surface area contributed by atoms with E-state index in [0.29, 0.717) is 47.6 Å². The molecule has 4 N–H and O–H groups in total. The zero-order valence-corrected chi connectivity index (χ0v) is 23.2. The predicted octanol–water partition coefficient (Wildman–Crippen LogP) is 4.69. The Balaban J connectivity index is 1.90. The average molecular weight is 535 g/mol. The number of allylic oxidation sites excluding steroid dienone is 3. The van der Waals surface area contributed by atoms with Gasteiger partial charge in [0.2, 0.25) is 11.9 Å². The van der Waals surface area contributed by atoms with Gasteiger partial charge in [0.25, 0.3) is 0 Å². The van der Waals surface area contributed by atoms with Crippen LogP contribution in [0, 0.1) is 5.41 Å². The zero-order valence-electron chi connectivity index (χ0n) is 23.2. The number of carbonyl (C=O) groups excluding carboxylic acids is 1. The largest absolute Gasteiger partial charge is 0.496 e. The van der Waals surface area contributed by atoms with Crippen molar-refractivity contribution >= 4 is 41.1 Å². The highest BCUT2D eigenvalue weighted by Gasteiger charge is 2.20. The molecule has 0 saturated carbocycles. The Labute approximate surface area is 230 Å². The molecule has 208 valence electrons. The first-order chi connectivity index (χ1) is 18.7. The van der Waals surface area contributed by atoms with Crippen LogP contribution in [-0.4, -0.2) is 67.5 Å². The van der Waals surface area contributed by atoms with Crippen molar-refractivity contribution in [2.24, 2.45) is 0 Å². The highest BCUT2D eigenvalue weighted by molar-refractivity contribution is 5.99. The second kappa shape index (κ2) is 14.0. The summed E-state index contributed by atoms with van der Waals surface area (Å²) < 4.78 is 11.5. The Hall–Kier alpha value is -4.38. The summed E-state index contributed by atoms with van der Waals surface area (Å²) in [5, 5.41) is 17.3. The molecule has 0 radical (unpaired) electrons. The fraction of sp³-hybridized carbons (Fsp3) is 0.357. The number of anilines is 5. The third kappa shape index (κ3) is 8.30. The number of nitrogens with one attached hydrogen (secondary N) is 4. The van der Waals surface area contributed by atoms with E-state index in [1.54, 1.807) is 30.3 Å². The number of amides is 1. The molecule has 1 aromatic heterocycles. The molecular weight excluding hydrogens is 496 g/mol. The molecule has 0 bridgehead atoms. The van der Waals surface area contributed by atoms with Crippen LogP contribution in [-0.2, 0) is 14.3 Å². The lowest BCUT2D eigenvalue weighted by Crippen LogP contribution is -2.30. The molecule has 1 aliphatic carbocycles. The molecule has 0 spiro atoms. The molecule has 0 fully saturated rings. The van der Waals surface area contributed by atoms with Crippen molar-refractivity contribution in [1.82, 2.24) is 14.9 Å². The smallest absolute Gasteiger partial charge is 0.247 e. The van der Waals surface area contributed by atoms with Crippen LogP contribution in [0.3, 0.4) is 0 Å². The van der Waals surface area contributed by atoms with E-state index < -0.39 is 0 Å². The third-order valence-electron chi connectivity index (χ3n) is 5.84. The van der Waals surface area contributed by atoms with Crippen molar-refractivity contribution in [3.05, 3.63) is 66.4 Å². The topological polar surface area (TPSA) is 128 Å². The van der Waals surface area contributed by atoms with Crippen LogP contribution >= 0.6 is 0 Å². The van der Waals surface area contributed by atoms with E-state index in [9.17, 15) is 4.79 Å². The summed E-state index contributed by atoms with van der Waals surface area (Å²) in [5.74, 6) is 2.11. The SMILES string of the molecule is C=CC(=O)Nc1cccc(Nc2nc(NC3=C(OC)C=C(OCCN(C)C)CC3)ncc2N(C=N)C(C)C)c1. The van der Waals surface area contributed by atoms with Gasteiger partial charge in [-0.2, -0.15) is 4.98 Å². The summed E-state index contributed by atoms with van der Waals surface area (Å²) in [5.41, 5.74) is 2.79. The van der Waals surface area contributed by atoms with Crippen LogP contribution in [0.1, 0.15) is 26.7 Å². The normalized spacial score (nSPS) is 13.1. The number of methoxy groups -OCH3 is 1. The molecule has 11 heteroatoms. The van der Waals surface area contributed by atoms with Gasteiger partial charge in [0, 0.05) is 36.5 Å². The Morgan fingerprint density at radius 1 is 1.23 bits per heavy atom. The standard InChI is InChI=1S/C28H38N8O3/c1-7-26(37)31-20-9-8-10-21(15-20)32-27-24(36(18-29)19(2)3)17-30-28(34-27)33-23-12-11-22(16-25(23)38-6)39-14-13-35(4)5/h7-10,15-19,29H,1,11-14H2,2-6H3,(H,31,37)(H2,30,32,33,34). The summed E-state index contributed by atoms with van der Waals surface area (Å²) in [7, 11) is 5.64. The van der Waals surface area contributed by atoms with Crippen LogP contribution in [0.2, 0.25) is 0 Å². The molecule has 0 aliphatic heterocycles. The highest BCUT2D eigenvalue weighted by atomic mass is 16.5. The van der Waals surface area contributed by atoms with E-state index in [0.717, 1.165) is 24.4 Å². The maximum atomic E-state index is 11.8. The number of benzene rings is 1. The minimum Gasteiger partial charge on any atom is -0.496 e. The molecule has 1 aromatic carbocycles. The minimum atomic E-state index is -0.300. The number of ether oxygens (including phenoxy) is 2. The van der Waals surface area contributed by atoms with Crippen molar-refractivity contribution in [2.75, 3.05) is 55.2 Å². The lowest BCUT2D eigenvalue weighted by Gasteiger charge is -2.26. The minimum absolute atomic E-state index is 0.000809. The van der Waals surface area contributed by atoms with E-state index in [-0.39, 0.29) is 11.9 Å². The van der Waals surface area contributed by atoms with Gasteiger partial charge in [-0.1, -0.05) is 12.6 Å². The lowest BCUT2D eigenvalue weighted by atomic mass is 10.1. The summed E-state index contributed by atoms with van der Waals surface area (Å²) in [4.78, 5) is 24.9. The second-order valence-electron chi connectivity index (χ2n) is 9.39. The Bertz CT molecular complexity index is 1240. The van der Waals surface area contributed by atoms with Crippen LogP contribution in [0.4, 0.5) is 28.8 Å². The van der Waals surface area contributed by atoms with Gasteiger partial charge in [0.15, 0.2) is 5.82 Å². The summed E-state index contributed by atoms with van der Waals surface area (Å²) >= 11 is 0. The number of hydrogen-bond donors (Lipinski definition) is 4. The Morgan fingerprint density at radius 2 is 2.00 bits per heavy atom. The summed E-state index contributed by atoms with van der Waals surface area (Å²) in [6, 6.07) is 7.26. The first kappa shape index (κ1) is 29.2. The average Bonchev–Trinajstić information content (AvgIpc) is 2.90. The Morgan fingerprint density at radius 3 is 2.67 bits per heavy atom. The maximum absolute atomic E-state index is 11.8. The molecule has 0 atom stereocenters. The van der Waals surface area contributed by atoms with Gasteiger partial charge in [-0.15, -0.1) is 0 Å². The third-order valence-corrected chi connectivity index (χ3v) is 5.84. The van der Waals surface area contributed by atoms with E-state index in [4.69, 9.17) is 19.9 Å². The van der Waals surface area contributed by atoms with Crippen molar-refractivity contribution in [1.29, 1.82) is 5.41 Å². The van der Waals surface area contributed by atoms with E-state index >= 15 is 0 Å². The second-order valence-corrected chi connectivity index (χ2v) is 9.39. The molecule has 0 unspecified atom stereocenters. The number of nitrogens with zero attached hydrogens (tertiary/aromatic N) is 4. The molecule has 2 aromatic rings. The first-order valence-corrected chi connectivity index (χ1v) is 12.7. The number of carbonyl (C=O) groups is 1. The molecule has 1 heterocycles. The van der Waals surface area contributed by atoms with Gasteiger partial charge in [-0.25, -0.2) is 4.98 Å². The quantitative estimate of drug-likeness (QED) is 0.155. The molecule has 1 aliphatic rings.